The second-order valence-corrected chi connectivity index (χ2v) is 5.10. The van der Waals surface area contributed by atoms with Crippen LogP contribution >= 0.6 is 0 Å². The van der Waals surface area contributed by atoms with Gasteiger partial charge in [0.15, 0.2) is 0 Å². The number of rotatable bonds is 4. The Labute approximate surface area is 116 Å². The molecule has 2 rings (SSSR count). The number of nitrogens with one attached hydrogen (secondary N) is 1. The molecule has 1 unspecified atom stereocenters. The standard InChI is InChI=1S/C14H18N2O4/c17-12(18)6-5-10-3-2-8-16(9-10)14(20)11-4-1-7-15-13(11)19/h1,4,7,10H,2-3,5-6,8-9H2,(H,15,19)(H,17,18). The maximum Gasteiger partial charge on any atom is 0.303 e. The first-order chi connectivity index (χ1) is 9.58. The van der Waals surface area contributed by atoms with Crippen LogP contribution in [0.2, 0.25) is 0 Å². The lowest BCUT2D eigenvalue weighted by atomic mass is 9.93. The molecular weight excluding hydrogens is 260 g/mol. The molecule has 1 atom stereocenters. The Balaban J connectivity index is 2.02. The lowest BCUT2D eigenvalue weighted by molar-refractivity contribution is -0.137. The molecule has 1 aliphatic heterocycles. The van der Waals surface area contributed by atoms with Crippen molar-refractivity contribution in [3.05, 3.63) is 34.2 Å². The van der Waals surface area contributed by atoms with Crippen LogP contribution in [0.4, 0.5) is 0 Å². The van der Waals surface area contributed by atoms with Crippen LogP contribution in [0.5, 0.6) is 0 Å². The minimum Gasteiger partial charge on any atom is -0.481 e. The number of aromatic amines is 1. The summed E-state index contributed by atoms with van der Waals surface area (Å²) in [5, 5.41) is 8.71. The number of carbonyl (C=O) groups is 2. The molecule has 1 fully saturated rings. The Kier molecular flexibility index (Phi) is 4.55. The fourth-order valence-electron chi connectivity index (χ4n) is 2.57. The lowest BCUT2D eigenvalue weighted by Gasteiger charge is -2.32. The predicted octanol–water partition coefficient (Wildman–Crippen LogP) is 1.09. The van der Waals surface area contributed by atoms with Crippen LogP contribution in [0, 0.1) is 5.92 Å². The first-order valence-electron chi connectivity index (χ1n) is 6.76. The van der Waals surface area contributed by atoms with Crippen molar-refractivity contribution in [1.29, 1.82) is 0 Å². The average Bonchev–Trinajstić information content (AvgIpc) is 2.45. The van der Waals surface area contributed by atoms with E-state index in [2.05, 4.69) is 4.98 Å². The number of hydrogen-bond donors (Lipinski definition) is 2. The van der Waals surface area contributed by atoms with Gasteiger partial charge in [0, 0.05) is 25.7 Å². The van der Waals surface area contributed by atoms with Gasteiger partial charge < -0.3 is 15.0 Å². The number of aliphatic carboxylic acids is 1. The molecule has 6 heteroatoms. The molecule has 2 heterocycles. The molecule has 0 bridgehead atoms. The monoisotopic (exact) mass is 278 g/mol. The number of likely N-dealkylation sites (tertiary alicyclic amines) is 1. The maximum absolute atomic E-state index is 12.3. The number of nitrogens with zero attached hydrogens (tertiary/aromatic N) is 1. The zero-order valence-electron chi connectivity index (χ0n) is 11.2. The quantitative estimate of drug-likeness (QED) is 0.862. The highest BCUT2D eigenvalue weighted by Crippen LogP contribution is 2.21. The highest BCUT2D eigenvalue weighted by molar-refractivity contribution is 5.93. The van der Waals surface area contributed by atoms with E-state index >= 15 is 0 Å². The van der Waals surface area contributed by atoms with Crippen molar-refractivity contribution in [3.8, 4) is 0 Å². The lowest BCUT2D eigenvalue weighted by Crippen LogP contribution is -2.41. The van der Waals surface area contributed by atoms with Gasteiger partial charge in [-0.05, 0) is 37.3 Å². The predicted molar refractivity (Wildman–Crippen MR) is 72.6 cm³/mol. The number of carboxylic acids is 1. The minimum absolute atomic E-state index is 0.124. The van der Waals surface area contributed by atoms with E-state index in [1.165, 1.54) is 12.3 Å². The van der Waals surface area contributed by atoms with Crippen LogP contribution < -0.4 is 5.56 Å². The Morgan fingerprint density at radius 3 is 2.95 bits per heavy atom. The fourth-order valence-corrected chi connectivity index (χ4v) is 2.57. The Hall–Kier alpha value is -2.11. The largest absolute Gasteiger partial charge is 0.481 e. The topological polar surface area (TPSA) is 90.5 Å². The van der Waals surface area contributed by atoms with E-state index in [9.17, 15) is 14.4 Å². The molecule has 0 aromatic carbocycles. The molecule has 0 aliphatic carbocycles. The molecule has 20 heavy (non-hydrogen) atoms. The fraction of sp³-hybridized carbons (Fsp3) is 0.500. The van der Waals surface area contributed by atoms with Gasteiger partial charge >= 0.3 is 5.97 Å². The van der Waals surface area contributed by atoms with Crippen molar-refractivity contribution in [3.63, 3.8) is 0 Å². The van der Waals surface area contributed by atoms with E-state index in [1.54, 1.807) is 11.0 Å². The van der Waals surface area contributed by atoms with E-state index in [0.717, 1.165) is 12.8 Å². The van der Waals surface area contributed by atoms with Gasteiger partial charge in [-0.15, -0.1) is 0 Å². The van der Waals surface area contributed by atoms with Gasteiger partial charge in [0.05, 0.1) is 0 Å². The molecule has 108 valence electrons. The van der Waals surface area contributed by atoms with Gasteiger partial charge in [0.1, 0.15) is 5.56 Å². The average molecular weight is 278 g/mol. The summed E-state index contributed by atoms with van der Waals surface area (Å²) in [6, 6.07) is 3.14. The van der Waals surface area contributed by atoms with E-state index in [4.69, 9.17) is 5.11 Å². The highest BCUT2D eigenvalue weighted by Gasteiger charge is 2.25. The first kappa shape index (κ1) is 14.3. The zero-order valence-corrected chi connectivity index (χ0v) is 11.2. The molecule has 6 nitrogen and oxygen atoms in total. The highest BCUT2D eigenvalue weighted by atomic mass is 16.4. The molecule has 1 aromatic rings. The number of carbonyl (C=O) groups excluding carboxylic acids is 1. The normalized spacial score (nSPS) is 18.8. The van der Waals surface area contributed by atoms with Gasteiger partial charge in [-0.25, -0.2) is 0 Å². The summed E-state index contributed by atoms with van der Waals surface area (Å²) in [6.07, 6.45) is 3.97. The Morgan fingerprint density at radius 2 is 2.25 bits per heavy atom. The van der Waals surface area contributed by atoms with Gasteiger partial charge in [0.2, 0.25) is 0 Å². The van der Waals surface area contributed by atoms with Crippen molar-refractivity contribution in [1.82, 2.24) is 9.88 Å². The van der Waals surface area contributed by atoms with E-state index in [0.29, 0.717) is 19.5 Å². The smallest absolute Gasteiger partial charge is 0.303 e. The van der Waals surface area contributed by atoms with E-state index < -0.39 is 5.97 Å². The van der Waals surface area contributed by atoms with Gasteiger partial charge in [-0.1, -0.05) is 0 Å². The summed E-state index contributed by atoms with van der Waals surface area (Å²) in [4.78, 5) is 38.7. The SMILES string of the molecule is O=C(O)CCC1CCCN(C(=O)c2ccc[nH]c2=O)C1. The number of H-pyrrole nitrogens is 1. The number of hydrogen-bond acceptors (Lipinski definition) is 3. The molecule has 1 aromatic heterocycles. The van der Waals surface area contributed by atoms with Gasteiger partial charge in [0.25, 0.3) is 11.5 Å². The summed E-state index contributed by atoms with van der Waals surface area (Å²) in [6.45, 7) is 1.15. The second kappa shape index (κ2) is 6.36. The Bertz CT molecular complexity index is 552. The summed E-state index contributed by atoms with van der Waals surface area (Å²) < 4.78 is 0. The third kappa shape index (κ3) is 3.46. The summed E-state index contributed by atoms with van der Waals surface area (Å²) in [7, 11) is 0. The van der Waals surface area contributed by atoms with Gasteiger partial charge in [-0.3, -0.25) is 14.4 Å². The first-order valence-corrected chi connectivity index (χ1v) is 6.76. The molecule has 0 spiro atoms. The second-order valence-electron chi connectivity index (χ2n) is 5.10. The summed E-state index contributed by atoms with van der Waals surface area (Å²) in [5.74, 6) is -0.883. The number of pyridine rings is 1. The van der Waals surface area contributed by atoms with E-state index in [-0.39, 0.29) is 29.4 Å². The van der Waals surface area contributed by atoms with Crippen LogP contribution in [0.1, 0.15) is 36.0 Å². The number of piperidine rings is 1. The number of carboxylic acid groups (broad SMARTS) is 1. The van der Waals surface area contributed by atoms with Crippen molar-refractivity contribution in [2.45, 2.75) is 25.7 Å². The molecule has 2 N–H and O–H groups in total. The van der Waals surface area contributed by atoms with Crippen molar-refractivity contribution in [2.75, 3.05) is 13.1 Å². The molecule has 1 saturated heterocycles. The van der Waals surface area contributed by atoms with Crippen LogP contribution in [0.15, 0.2) is 23.1 Å². The van der Waals surface area contributed by atoms with Crippen LogP contribution in [0.3, 0.4) is 0 Å². The molecule has 1 aliphatic rings. The van der Waals surface area contributed by atoms with Crippen LogP contribution in [-0.4, -0.2) is 40.0 Å². The molecule has 0 radical (unpaired) electrons. The molecule has 1 amide bonds. The van der Waals surface area contributed by atoms with E-state index in [1.807, 2.05) is 0 Å². The van der Waals surface area contributed by atoms with Crippen molar-refractivity contribution < 1.29 is 14.7 Å². The van der Waals surface area contributed by atoms with Crippen molar-refractivity contribution >= 4 is 11.9 Å². The van der Waals surface area contributed by atoms with Crippen LogP contribution in [0.25, 0.3) is 0 Å². The van der Waals surface area contributed by atoms with Gasteiger partial charge in [-0.2, -0.15) is 0 Å². The molecular formula is C14H18N2O4. The molecule has 0 saturated carbocycles. The third-order valence-corrected chi connectivity index (χ3v) is 3.62. The van der Waals surface area contributed by atoms with Crippen molar-refractivity contribution in [2.24, 2.45) is 5.92 Å². The summed E-state index contributed by atoms with van der Waals surface area (Å²) >= 11 is 0. The van der Waals surface area contributed by atoms with Crippen LogP contribution in [-0.2, 0) is 4.79 Å². The number of amides is 1. The summed E-state index contributed by atoms with van der Waals surface area (Å²) in [5.41, 5.74) is -0.239. The zero-order chi connectivity index (χ0) is 14.5. The third-order valence-electron chi connectivity index (χ3n) is 3.62. The number of aromatic nitrogens is 1. The maximum atomic E-state index is 12.3. The minimum atomic E-state index is -0.812. The Morgan fingerprint density at radius 1 is 1.45 bits per heavy atom.